The average molecular weight is 409 g/mol. The standard InChI is InChI=1S/C21H22F2N2O2.ClH/c22-14-8-17(16-10-19(16)24-11-20(26)25-15-6-7-15)21(18(23)9-14)27-12-13-4-2-1-3-5-13;/h1-5,8-9,15-16,19,24H,6-7,10-12H2,(H,25,26);1H/t16-,19+;/m0./s1. The first-order valence-corrected chi connectivity index (χ1v) is 9.28. The Morgan fingerprint density at radius 1 is 1.14 bits per heavy atom. The van der Waals surface area contributed by atoms with Gasteiger partial charge in [0.2, 0.25) is 5.91 Å². The SMILES string of the molecule is Cl.O=C(CN[C@@H]1C[C@H]1c1cc(F)cc(F)c1OCc1ccccc1)NC1CC1. The van der Waals surface area contributed by atoms with Crippen LogP contribution >= 0.6 is 12.4 Å². The van der Waals surface area contributed by atoms with Crippen molar-refractivity contribution in [3.63, 3.8) is 0 Å². The van der Waals surface area contributed by atoms with Gasteiger partial charge in [-0.3, -0.25) is 4.79 Å². The van der Waals surface area contributed by atoms with Crippen molar-refractivity contribution in [2.24, 2.45) is 0 Å². The number of carbonyl (C=O) groups is 1. The number of carbonyl (C=O) groups excluding carboxylic acids is 1. The highest BCUT2D eigenvalue weighted by atomic mass is 35.5. The third kappa shape index (κ3) is 5.20. The number of rotatable bonds is 8. The minimum absolute atomic E-state index is 0. The predicted octanol–water partition coefficient (Wildman–Crippen LogP) is 3.69. The molecule has 0 radical (unpaired) electrons. The summed E-state index contributed by atoms with van der Waals surface area (Å²) in [6, 6.07) is 12.0. The van der Waals surface area contributed by atoms with Crippen LogP contribution in [0.25, 0.3) is 0 Å². The maximum absolute atomic E-state index is 14.3. The Morgan fingerprint density at radius 2 is 1.89 bits per heavy atom. The smallest absolute Gasteiger partial charge is 0.234 e. The van der Waals surface area contributed by atoms with Crippen molar-refractivity contribution < 1.29 is 18.3 Å². The lowest BCUT2D eigenvalue weighted by Crippen LogP contribution is -2.36. The number of amides is 1. The third-order valence-electron chi connectivity index (χ3n) is 4.92. The molecule has 2 aromatic rings. The van der Waals surface area contributed by atoms with Gasteiger partial charge in [0.05, 0.1) is 6.54 Å². The van der Waals surface area contributed by atoms with Gasteiger partial charge in [-0.2, -0.15) is 0 Å². The molecule has 2 fully saturated rings. The fourth-order valence-electron chi connectivity index (χ4n) is 3.23. The van der Waals surface area contributed by atoms with Gasteiger partial charge in [0.15, 0.2) is 11.6 Å². The first-order chi connectivity index (χ1) is 13.1. The van der Waals surface area contributed by atoms with Crippen molar-refractivity contribution in [3.8, 4) is 5.75 Å². The van der Waals surface area contributed by atoms with Crippen LogP contribution in [0.2, 0.25) is 0 Å². The van der Waals surface area contributed by atoms with Crippen LogP contribution in [0.3, 0.4) is 0 Å². The van der Waals surface area contributed by atoms with Crippen molar-refractivity contribution in [3.05, 3.63) is 65.2 Å². The molecule has 150 valence electrons. The quantitative estimate of drug-likeness (QED) is 0.700. The van der Waals surface area contributed by atoms with Crippen LogP contribution < -0.4 is 15.4 Å². The van der Waals surface area contributed by atoms with E-state index in [1.54, 1.807) is 0 Å². The average Bonchev–Trinajstić information content (AvgIpc) is 3.55. The molecule has 28 heavy (non-hydrogen) atoms. The molecule has 2 N–H and O–H groups in total. The number of ether oxygens (including phenoxy) is 1. The van der Waals surface area contributed by atoms with Crippen LogP contribution in [0.15, 0.2) is 42.5 Å². The summed E-state index contributed by atoms with van der Waals surface area (Å²) in [7, 11) is 0. The Morgan fingerprint density at radius 3 is 2.61 bits per heavy atom. The summed E-state index contributed by atoms with van der Waals surface area (Å²) in [4.78, 5) is 11.8. The maximum atomic E-state index is 14.3. The normalized spacial score (nSPS) is 20.2. The van der Waals surface area contributed by atoms with Gasteiger partial charge in [-0.15, -0.1) is 12.4 Å². The zero-order chi connectivity index (χ0) is 18.8. The van der Waals surface area contributed by atoms with E-state index in [2.05, 4.69) is 10.6 Å². The van der Waals surface area contributed by atoms with Crippen LogP contribution in [0.1, 0.15) is 36.3 Å². The lowest BCUT2D eigenvalue weighted by atomic mass is 10.1. The summed E-state index contributed by atoms with van der Waals surface area (Å²) in [6.45, 7) is 0.431. The molecule has 4 rings (SSSR count). The van der Waals surface area contributed by atoms with E-state index in [1.807, 2.05) is 30.3 Å². The molecular formula is C21H23ClF2N2O2. The van der Waals surface area contributed by atoms with Gasteiger partial charge in [-0.05, 0) is 30.9 Å². The molecule has 2 saturated carbocycles. The molecule has 0 bridgehead atoms. The van der Waals surface area contributed by atoms with Gasteiger partial charge in [0.25, 0.3) is 0 Å². The first kappa shape index (κ1) is 20.6. The van der Waals surface area contributed by atoms with E-state index in [1.165, 1.54) is 6.07 Å². The number of hydrogen-bond acceptors (Lipinski definition) is 3. The zero-order valence-electron chi connectivity index (χ0n) is 15.3. The highest BCUT2D eigenvalue weighted by Crippen LogP contribution is 2.46. The highest BCUT2D eigenvalue weighted by Gasteiger charge is 2.41. The molecule has 0 aliphatic heterocycles. The minimum atomic E-state index is -0.696. The van der Waals surface area contributed by atoms with Gasteiger partial charge < -0.3 is 15.4 Å². The molecule has 2 aliphatic carbocycles. The summed E-state index contributed by atoms with van der Waals surface area (Å²) < 4.78 is 33.8. The first-order valence-electron chi connectivity index (χ1n) is 9.28. The molecule has 7 heteroatoms. The summed E-state index contributed by atoms with van der Waals surface area (Å²) in [5, 5.41) is 6.08. The van der Waals surface area contributed by atoms with Gasteiger partial charge in [-0.25, -0.2) is 8.78 Å². The second kappa shape index (κ2) is 8.88. The summed E-state index contributed by atoms with van der Waals surface area (Å²) >= 11 is 0. The van der Waals surface area contributed by atoms with Crippen molar-refractivity contribution in [1.29, 1.82) is 0 Å². The summed E-state index contributed by atoms with van der Waals surface area (Å²) in [5.74, 6) is -1.31. The topological polar surface area (TPSA) is 50.4 Å². The monoisotopic (exact) mass is 408 g/mol. The van der Waals surface area contributed by atoms with Gasteiger partial charge in [0, 0.05) is 29.6 Å². The van der Waals surface area contributed by atoms with E-state index < -0.39 is 11.6 Å². The Balaban J connectivity index is 0.00000225. The third-order valence-corrected chi connectivity index (χ3v) is 4.92. The lowest BCUT2D eigenvalue weighted by Gasteiger charge is -2.13. The van der Waals surface area contributed by atoms with Crippen molar-refractivity contribution in [1.82, 2.24) is 10.6 Å². The number of nitrogens with one attached hydrogen (secondary N) is 2. The Bertz CT molecular complexity index is 831. The minimum Gasteiger partial charge on any atom is -0.486 e. The molecular weight excluding hydrogens is 386 g/mol. The number of benzene rings is 2. The fourth-order valence-corrected chi connectivity index (χ4v) is 3.23. The Hall–Kier alpha value is -2.18. The van der Waals surface area contributed by atoms with E-state index in [-0.39, 0.29) is 49.2 Å². The number of halogens is 3. The molecule has 2 aliphatic rings. The second-order valence-corrected chi connectivity index (χ2v) is 7.25. The molecule has 0 spiro atoms. The Labute approximate surface area is 169 Å². The molecule has 4 nitrogen and oxygen atoms in total. The molecule has 1 amide bonds. The van der Waals surface area contributed by atoms with Crippen molar-refractivity contribution in [2.45, 2.75) is 43.9 Å². The lowest BCUT2D eigenvalue weighted by molar-refractivity contribution is -0.120. The fraction of sp³-hybridized carbons (Fsp3) is 0.381. The van der Waals surface area contributed by atoms with E-state index >= 15 is 0 Å². The van der Waals surface area contributed by atoms with Crippen LogP contribution in [0.5, 0.6) is 5.75 Å². The molecule has 0 saturated heterocycles. The van der Waals surface area contributed by atoms with E-state index in [0.29, 0.717) is 11.6 Å². The Kier molecular flexibility index (Phi) is 6.52. The molecule has 2 aromatic carbocycles. The van der Waals surface area contributed by atoms with Gasteiger partial charge >= 0.3 is 0 Å². The molecule has 0 heterocycles. The predicted molar refractivity (Wildman–Crippen MR) is 105 cm³/mol. The van der Waals surface area contributed by atoms with Crippen LogP contribution in [-0.2, 0) is 11.4 Å². The summed E-state index contributed by atoms with van der Waals surface area (Å²) in [5.41, 5.74) is 1.43. The van der Waals surface area contributed by atoms with E-state index in [4.69, 9.17) is 4.74 Å². The zero-order valence-corrected chi connectivity index (χ0v) is 16.1. The van der Waals surface area contributed by atoms with E-state index in [9.17, 15) is 13.6 Å². The largest absolute Gasteiger partial charge is 0.486 e. The van der Waals surface area contributed by atoms with Crippen molar-refractivity contribution in [2.75, 3.05) is 6.54 Å². The van der Waals surface area contributed by atoms with Gasteiger partial charge in [0.1, 0.15) is 12.4 Å². The maximum Gasteiger partial charge on any atom is 0.234 e. The summed E-state index contributed by atoms with van der Waals surface area (Å²) in [6.07, 6.45) is 2.81. The second-order valence-electron chi connectivity index (χ2n) is 7.25. The number of hydrogen-bond donors (Lipinski definition) is 2. The van der Waals surface area contributed by atoms with Gasteiger partial charge in [-0.1, -0.05) is 30.3 Å². The molecule has 0 aromatic heterocycles. The highest BCUT2D eigenvalue weighted by molar-refractivity contribution is 5.85. The van der Waals surface area contributed by atoms with Crippen molar-refractivity contribution >= 4 is 18.3 Å². The molecule has 0 unspecified atom stereocenters. The van der Waals surface area contributed by atoms with Crippen LogP contribution in [0.4, 0.5) is 8.78 Å². The van der Waals surface area contributed by atoms with E-state index in [0.717, 1.165) is 30.9 Å². The van der Waals surface area contributed by atoms with Crippen LogP contribution in [0, 0.1) is 11.6 Å². The van der Waals surface area contributed by atoms with Crippen LogP contribution in [-0.4, -0.2) is 24.5 Å². The molecule has 2 atom stereocenters.